The van der Waals surface area contributed by atoms with Crippen LogP contribution in [0.2, 0.25) is 0 Å². The fourth-order valence-corrected chi connectivity index (χ4v) is 11.4. The molecule has 0 amide bonds. The largest absolute Gasteiger partial charge is 0.651 e. The zero-order valence-electron chi connectivity index (χ0n) is 43.6. The van der Waals surface area contributed by atoms with Crippen LogP contribution in [-0.4, -0.2) is 23.0 Å². The summed E-state index contributed by atoms with van der Waals surface area (Å²) in [5, 5.41) is 0. The molecular weight excluding hydrogens is 854 g/mol. The van der Waals surface area contributed by atoms with Gasteiger partial charge in [0.15, 0.2) is 11.4 Å². The molecule has 0 aromatic heterocycles. The highest BCUT2D eigenvalue weighted by Crippen LogP contribution is 2.48. The molecule has 0 aliphatic carbocycles. The summed E-state index contributed by atoms with van der Waals surface area (Å²) in [6.07, 6.45) is 4.93. The van der Waals surface area contributed by atoms with Crippen molar-refractivity contribution in [2.75, 3.05) is 14.4 Å². The molecular formula is C58H80B2BrN4+. The van der Waals surface area contributed by atoms with E-state index in [9.17, 15) is 0 Å². The molecule has 2 aliphatic rings. The van der Waals surface area contributed by atoms with E-state index >= 15 is 0 Å². The first-order chi connectivity index (χ1) is 30.6. The first-order valence-corrected chi connectivity index (χ1v) is 25.8. The van der Waals surface area contributed by atoms with Crippen LogP contribution in [0.4, 0.5) is 22.7 Å². The van der Waals surface area contributed by atoms with Crippen LogP contribution in [0.15, 0.2) is 108 Å². The van der Waals surface area contributed by atoms with Crippen molar-refractivity contribution in [3.63, 3.8) is 0 Å². The van der Waals surface area contributed by atoms with Crippen molar-refractivity contribution in [3.05, 3.63) is 153 Å². The summed E-state index contributed by atoms with van der Waals surface area (Å²) in [5.41, 5.74) is 21.2. The van der Waals surface area contributed by atoms with Gasteiger partial charge in [-0.05, 0) is 101 Å². The third kappa shape index (κ3) is 9.65. The van der Waals surface area contributed by atoms with E-state index in [0.29, 0.717) is 47.3 Å². The minimum atomic E-state index is -0.218. The van der Waals surface area contributed by atoms with E-state index in [4.69, 9.17) is 0 Å². The predicted molar refractivity (Wildman–Crippen MR) is 293 cm³/mol. The Balaban J connectivity index is 1.84. The Hall–Kier alpha value is -4.22. The molecule has 0 fully saturated rings. The van der Waals surface area contributed by atoms with Crippen molar-refractivity contribution >= 4 is 57.0 Å². The van der Waals surface area contributed by atoms with Crippen molar-refractivity contribution in [1.82, 2.24) is 0 Å². The fraction of sp³-hybridized carbons (Fsp3) is 0.466. The minimum absolute atomic E-state index is 0.203. The molecule has 0 bridgehead atoms. The third-order valence-corrected chi connectivity index (χ3v) is 14.6. The minimum Gasteiger partial charge on any atom is -0.359 e. The van der Waals surface area contributed by atoms with Gasteiger partial charge in [0.2, 0.25) is 0 Å². The van der Waals surface area contributed by atoms with Crippen LogP contribution in [0, 0.1) is 0 Å². The number of allylic oxidation sites excluding steroid dienone is 4. The van der Waals surface area contributed by atoms with Gasteiger partial charge in [0.05, 0.1) is 0 Å². The van der Waals surface area contributed by atoms with Gasteiger partial charge in [-0.15, -0.1) is 0 Å². The molecule has 0 saturated heterocycles. The predicted octanol–water partition coefficient (Wildman–Crippen LogP) is 17.4. The summed E-state index contributed by atoms with van der Waals surface area (Å²) in [6, 6.07) is 28.0. The van der Waals surface area contributed by atoms with Crippen LogP contribution in [0.5, 0.6) is 0 Å². The van der Waals surface area contributed by atoms with Gasteiger partial charge in [0, 0.05) is 64.3 Å². The Kier molecular flexibility index (Phi) is 15.7. The van der Waals surface area contributed by atoms with Gasteiger partial charge in [0.25, 0.3) is 0 Å². The van der Waals surface area contributed by atoms with E-state index in [0.717, 1.165) is 0 Å². The lowest BCUT2D eigenvalue weighted by molar-refractivity contribution is -0.288. The molecule has 0 spiro atoms. The standard InChI is InChI=1S/C58H80B2BrN4/c1-35(2)47-24-20-25-48(36(3)4)55(47)62-43(17)32-44(18)63(56-49(37(5)6)26-21-27-50(56)38(7)8)59(62)34-46-33-45(19)64(57-51(39(9)10)28-22-29-52(57)40(11)12)60(61)65(46)58-53(41(13)14)30-23-31-54(58)42(15)16/h20-42H,1-19H3/q+1/b46-34+. The smallest absolute Gasteiger partial charge is 0.359 e. The number of hydrogen-bond donors (Lipinski definition) is 0. The Morgan fingerprint density at radius 1 is 0.415 bits per heavy atom. The van der Waals surface area contributed by atoms with Gasteiger partial charge in [0.1, 0.15) is 0 Å². The number of para-hydroxylation sites is 4. The lowest BCUT2D eigenvalue weighted by Crippen LogP contribution is -2.54. The maximum Gasteiger partial charge on any atom is 0.651 e. The Bertz CT molecular complexity index is 2400. The summed E-state index contributed by atoms with van der Waals surface area (Å²) in [6.45, 7) is 44.4. The average molecular weight is 935 g/mol. The molecule has 0 radical (unpaired) electrons. The molecule has 2 aliphatic heterocycles. The lowest BCUT2D eigenvalue weighted by atomic mass is 9.66. The Morgan fingerprint density at radius 2 is 0.708 bits per heavy atom. The molecule has 344 valence electrons. The number of benzene rings is 4. The van der Waals surface area contributed by atoms with Crippen LogP contribution >= 0.6 is 15.8 Å². The first-order valence-electron chi connectivity index (χ1n) is 24.8. The first kappa shape index (κ1) is 50.2. The summed E-state index contributed by atoms with van der Waals surface area (Å²) >= 11 is 4.57. The molecule has 0 atom stereocenters. The summed E-state index contributed by atoms with van der Waals surface area (Å²) in [4.78, 5) is 7.96. The summed E-state index contributed by atoms with van der Waals surface area (Å²) in [7, 11) is 0. The van der Waals surface area contributed by atoms with E-state index in [2.05, 4.69) is 257 Å². The second kappa shape index (κ2) is 20.3. The van der Waals surface area contributed by atoms with Crippen molar-refractivity contribution in [2.24, 2.45) is 0 Å². The highest BCUT2D eigenvalue weighted by molar-refractivity contribution is 9.24. The molecule has 7 heteroatoms. The molecule has 6 rings (SSSR count). The van der Waals surface area contributed by atoms with E-state index in [1.807, 2.05) is 0 Å². The highest BCUT2D eigenvalue weighted by atomic mass is 79.9. The zero-order valence-corrected chi connectivity index (χ0v) is 45.2. The maximum absolute atomic E-state index is 4.57. The quantitative estimate of drug-likeness (QED) is 0.124. The number of nitrogens with zero attached hydrogens (tertiary/aromatic N) is 4. The number of rotatable bonds is 13. The Labute approximate surface area is 405 Å². The molecule has 4 nitrogen and oxygen atoms in total. The number of hydrogen-bond acceptors (Lipinski definition) is 3. The average Bonchev–Trinajstić information content (AvgIpc) is 3.22. The molecule has 0 unspecified atom stereocenters. The van der Waals surface area contributed by atoms with Crippen molar-refractivity contribution in [3.8, 4) is 0 Å². The monoisotopic (exact) mass is 934 g/mol. The van der Waals surface area contributed by atoms with Gasteiger partial charge in [-0.3, -0.25) is 4.49 Å². The van der Waals surface area contributed by atoms with Crippen molar-refractivity contribution in [1.29, 1.82) is 0 Å². The van der Waals surface area contributed by atoms with Crippen LogP contribution in [-0.2, 0) is 0 Å². The summed E-state index contributed by atoms with van der Waals surface area (Å²) < 4.78 is 2.70. The van der Waals surface area contributed by atoms with E-state index < -0.39 is 0 Å². The molecule has 4 aromatic carbocycles. The maximum atomic E-state index is 4.57. The van der Waals surface area contributed by atoms with E-state index in [1.165, 1.54) is 90.1 Å². The molecule has 0 saturated carbocycles. The van der Waals surface area contributed by atoms with Gasteiger partial charge in [-0.1, -0.05) is 199 Å². The lowest BCUT2D eigenvalue weighted by Gasteiger charge is -2.45. The molecule has 0 N–H and O–H groups in total. The normalized spacial score (nSPS) is 15.9. The Morgan fingerprint density at radius 3 is 1.05 bits per heavy atom. The van der Waals surface area contributed by atoms with E-state index in [1.54, 1.807) is 0 Å². The molecule has 2 heterocycles. The zero-order chi connectivity index (χ0) is 47.9. The van der Waals surface area contributed by atoms with Crippen LogP contribution < -0.4 is 14.4 Å². The van der Waals surface area contributed by atoms with Gasteiger partial charge < -0.3 is 14.4 Å². The third-order valence-electron chi connectivity index (χ3n) is 13.8. The van der Waals surface area contributed by atoms with Crippen LogP contribution in [0.3, 0.4) is 0 Å². The van der Waals surface area contributed by atoms with Crippen molar-refractivity contribution in [2.45, 2.75) is 179 Å². The second-order valence-corrected chi connectivity index (χ2v) is 22.2. The second-order valence-electron chi connectivity index (χ2n) is 21.4. The molecule has 65 heavy (non-hydrogen) atoms. The van der Waals surface area contributed by atoms with Gasteiger partial charge >= 0.3 is 12.8 Å². The van der Waals surface area contributed by atoms with E-state index in [-0.39, 0.29) is 12.8 Å². The SMILES string of the molecule is CC1=C/C(=C\B2N(c3c(C(C)C)cccc3C(C)C)C(C)=CC(C)=[N+]2c2c(C(C)C)cccc2C(C)C)N(c2c(C(C)C)cccc2C(C)C)B(Br)N1c1c(C(C)C)cccc1C(C)C. The molecule has 4 aromatic rings. The number of anilines is 3. The number of halogens is 1. The van der Waals surface area contributed by atoms with Crippen molar-refractivity contribution < 1.29 is 4.49 Å². The van der Waals surface area contributed by atoms with Gasteiger partial charge in [-0.2, -0.15) is 0 Å². The highest BCUT2D eigenvalue weighted by Gasteiger charge is 2.49. The summed E-state index contributed by atoms with van der Waals surface area (Å²) in [5.74, 6) is 5.03. The topological polar surface area (TPSA) is 12.7 Å². The van der Waals surface area contributed by atoms with Crippen LogP contribution in [0.1, 0.15) is 223 Å². The fourth-order valence-electron chi connectivity index (χ4n) is 10.5. The van der Waals surface area contributed by atoms with Crippen LogP contribution in [0.25, 0.3) is 0 Å². The van der Waals surface area contributed by atoms with Gasteiger partial charge in [-0.25, -0.2) is 0 Å².